The number of hydrogen-bond acceptors (Lipinski definition) is 5. The van der Waals surface area contributed by atoms with E-state index in [4.69, 9.17) is 9.15 Å². The van der Waals surface area contributed by atoms with Crippen molar-refractivity contribution in [3.8, 4) is 0 Å². The summed E-state index contributed by atoms with van der Waals surface area (Å²) in [5.41, 5.74) is 2.07. The highest BCUT2D eigenvalue weighted by Crippen LogP contribution is 2.40. The predicted octanol–water partition coefficient (Wildman–Crippen LogP) is 3.25. The molecule has 22 heavy (non-hydrogen) atoms. The van der Waals surface area contributed by atoms with Gasteiger partial charge in [-0.25, -0.2) is 0 Å². The Morgan fingerprint density at radius 3 is 3.05 bits per heavy atom. The van der Waals surface area contributed by atoms with Crippen LogP contribution in [0.1, 0.15) is 62.6 Å². The lowest BCUT2D eigenvalue weighted by Gasteiger charge is -2.29. The van der Waals surface area contributed by atoms with E-state index in [9.17, 15) is 0 Å². The quantitative estimate of drug-likeness (QED) is 0.867. The molecule has 2 aromatic heterocycles. The molecule has 1 fully saturated rings. The summed E-state index contributed by atoms with van der Waals surface area (Å²) in [6.07, 6.45) is 6.73. The Morgan fingerprint density at radius 2 is 2.32 bits per heavy atom. The summed E-state index contributed by atoms with van der Waals surface area (Å²) >= 11 is 0. The topological polar surface area (TPSA) is 66.0 Å². The van der Waals surface area contributed by atoms with Gasteiger partial charge >= 0.3 is 0 Å². The number of ether oxygens (including phenoxy) is 1. The molecule has 0 unspecified atom stereocenters. The van der Waals surface area contributed by atoms with Gasteiger partial charge in [0, 0.05) is 25.4 Å². The van der Waals surface area contributed by atoms with Crippen LogP contribution in [0.2, 0.25) is 0 Å². The van der Waals surface area contributed by atoms with Crippen LogP contribution >= 0.6 is 0 Å². The Kier molecular flexibility index (Phi) is 4.38. The smallest absolute Gasteiger partial charge is 0.243 e. The molecular weight excluding hydrogens is 280 g/mol. The van der Waals surface area contributed by atoms with E-state index in [0.717, 1.165) is 37.1 Å². The summed E-state index contributed by atoms with van der Waals surface area (Å²) in [7, 11) is 1.93. The molecule has 0 amide bonds. The van der Waals surface area contributed by atoms with Crippen molar-refractivity contribution in [2.24, 2.45) is 7.05 Å². The Balaban J connectivity index is 1.88. The van der Waals surface area contributed by atoms with E-state index < -0.39 is 0 Å². The molecular formula is C16H22N4O2. The molecule has 6 nitrogen and oxygen atoms in total. The third-order valence-electron chi connectivity index (χ3n) is 4.08. The lowest BCUT2D eigenvalue weighted by molar-refractivity contribution is -0.0137. The third kappa shape index (κ3) is 2.83. The van der Waals surface area contributed by atoms with Crippen LogP contribution in [-0.4, -0.2) is 26.6 Å². The fourth-order valence-electron chi connectivity index (χ4n) is 2.93. The van der Waals surface area contributed by atoms with Gasteiger partial charge in [0.1, 0.15) is 6.10 Å². The zero-order valence-corrected chi connectivity index (χ0v) is 13.3. The van der Waals surface area contributed by atoms with Gasteiger partial charge in [-0.15, -0.1) is 10.2 Å². The van der Waals surface area contributed by atoms with Crippen LogP contribution in [0.5, 0.6) is 0 Å². The summed E-state index contributed by atoms with van der Waals surface area (Å²) in [5.74, 6) is 1.34. The van der Waals surface area contributed by atoms with Gasteiger partial charge in [0.25, 0.3) is 0 Å². The molecule has 0 radical (unpaired) electrons. The molecule has 0 aromatic carbocycles. The first kappa shape index (κ1) is 15.0. The minimum Gasteiger partial charge on any atom is -0.421 e. The molecule has 0 N–H and O–H groups in total. The number of rotatable bonds is 4. The third-order valence-corrected chi connectivity index (χ3v) is 4.08. The van der Waals surface area contributed by atoms with E-state index in [0.29, 0.717) is 11.8 Å². The molecule has 0 saturated carbocycles. The summed E-state index contributed by atoms with van der Waals surface area (Å²) in [6, 6.07) is 1.99. The molecule has 0 spiro atoms. The number of aryl methyl sites for hydroxylation is 1. The molecule has 0 bridgehead atoms. The van der Waals surface area contributed by atoms with Gasteiger partial charge in [-0.05, 0) is 32.3 Å². The number of hydrogen-bond donors (Lipinski definition) is 0. The van der Waals surface area contributed by atoms with E-state index in [1.807, 2.05) is 24.7 Å². The minimum atomic E-state index is -0.0787. The standard InChI is InChI=1S/C16H22N4O2/c1-4-6-11(2)15-18-19-16(22-15)12-7-5-10-21-14(12)13-8-9-17-20(13)3/h6,8-9,12,14H,4-5,7,10H2,1-3H3/b11-6+/t12-,14-/m1/s1. The number of nitrogens with zero attached hydrogens (tertiary/aromatic N) is 4. The van der Waals surface area contributed by atoms with Crippen LogP contribution in [0.4, 0.5) is 0 Å². The maximum Gasteiger partial charge on any atom is 0.243 e. The average molecular weight is 302 g/mol. The van der Waals surface area contributed by atoms with E-state index in [-0.39, 0.29) is 12.0 Å². The molecule has 3 heterocycles. The highest BCUT2D eigenvalue weighted by molar-refractivity contribution is 5.55. The first-order valence-corrected chi connectivity index (χ1v) is 7.80. The minimum absolute atomic E-state index is 0.0787. The largest absolute Gasteiger partial charge is 0.421 e. The van der Waals surface area contributed by atoms with Crippen LogP contribution in [0, 0.1) is 0 Å². The highest BCUT2D eigenvalue weighted by atomic mass is 16.5. The first-order valence-electron chi connectivity index (χ1n) is 7.80. The maximum absolute atomic E-state index is 5.98. The second-order valence-electron chi connectivity index (χ2n) is 5.66. The molecule has 118 valence electrons. The van der Waals surface area contributed by atoms with Crippen molar-refractivity contribution in [3.63, 3.8) is 0 Å². The van der Waals surface area contributed by atoms with Crippen LogP contribution in [0.15, 0.2) is 22.8 Å². The molecule has 6 heteroatoms. The van der Waals surface area contributed by atoms with Crippen molar-refractivity contribution >= 4 is 5.57 Å². The zero-order valence-electron chi connectivity index (χ0n) is 13.3. The van der Waals surface area contributed by atoms with E-state index in [1.165, 1.54) is 0 Å². The van der Waals surface area contributed by atoms with Crippen molar-refractivity contribution in [1.29, 1.82) is 0 Å². The Bertz CT molecular complexity index is 659. The van der Waals surface area contributed by atoms with Crippen LogP contribution in [-0.2, 0) is 11.8 Å². The monoisotopic (exact) mass is 302 g/mol. The lowest BCUT2D eigenvalue weighted by atomic mass is 9.92. The van der Waals surface area contributed by atoms with Crippen molar-refractivity contribution < 1.29 is 9.15 Å². The van der Waals surface area contributed by atoms with Gasteiger partial charge in [-0.3, -0.25) is 4.68 Å². The summed E-state index contributed by atoms with van der Waals surface area (Å²) < 4.78 is 13.7. The van der Waals surface area contributed by atoms with Gasteiger partial charge < -0.3 is 9.15 Å². The van der Waals surface area contributed by atoms with Gasteiger partial charge in [0.2, 0.25) is 11.8 Å². The predicted molar refractivity (Wildman–Crippen MR) is 82.1 cm³/mol. The van der Waals surface area contributed by atoms with Gasteiger partial charge in [0.15, 0.2) is 0 Å². The van der Waals surface area contributed by atoms with Crippen molar-refractivity contribution in [2.75, 3.05) is 6.61 Å². The molecule has 1 aliphatic heterocycles. The van der Waals surface area contributed by atoms with Gasteiger partial charge in [-0.2, -0.15) is 5.10 Å². The van der Waals surface area contributed by atoms with Crippen LogP contribution in [0.25, 0.3) is 5.57 Å². The van der Waals surface area contributed by atoms with Crippen LogP contribution < -0.4 is 0 Å². The fraction of sp³-hybridized carbons (Fsp3) is 0.562. The zero-order chi connectivity index (χ0) is 15.5. The molecule has 1 saturated heterocycles. The molecule has 2 aromatic rings. The lowest BCUT2D eigenvalue weighted by Crippen LogP contribution is -2.23. The Labute approximate surface area is 130 Å². The second kappa shape index (κ2) is 6.44. The first-order chi connectivity index (χ1) is 10.7. The highest BCUT2D eigenvalue weighted by Gasteiger charge is 2.34. The second-order valence-corrected chi connectivity index (χ2v) is 5.66. The van der Waals surface area contributed by atoms with Crippen molar-refractivity contribution in [3.05, 3.63) is 35.8 Å². The molecule has 3 rings (SSSR count). The summed E-state index contributed by atoms with van der Waals surface area (Å²) in [5, 5.41) is 12.7. The van der Waals surface area contributed by atoms with E-state index in [2.05, 4.69) is 28.3 Å². The summed E-state index contributed by atoms with van der Waals surface area (Å²) in [4.78, 5) is 0. The SMILES string of the molecule is CC/C=C(\C)c1nnc([C@@H]2CCCO[C@H]2c2ccnn2C)o1. The average Bonchev–Trinajstić information content (AvgIpc) is 3.16. The van der Waals surface area contributed by atoms with Gasteiger partial charge in [-0.1, -0.05) is 13.0 Å². The Hall–Kier alpha value is -1.95. The molecule has 1 aliphatic rings. The maximum atomic E-state index is 5.98. The normalized spacial score (nSPS) is 23.0. The van der Waals surface area contributed by atoms with Crippen molar-refractivity contribution in [2.45, 2.75) is 45.1 Å². The molecule has 0 aliphatic carbocycles. The summed E-state index contributed by atoms with van der Waals surface area (Å²) in [6.45, 7) is 4.84. The van der Waals surface area contributed by atoms with Crippen molar-refractivity contribution in [1.82, 2.24) is 20.0 Å². The van der Waals surface area contributed by atoms with Gasteiger partial charge in [0.05, 0.1) is 11.6 Å². The Morgan fingerprint density at radius 1 is 1.45 bits per heavy atom. The number of allylic oxidation sites excluding steroid dienone is 2. The van der Waals surface area contributed by atoms with Crippen LogP contribution in [0.3, 0.4) is 0 Å². The molecule has 2 atom stereocenters. The van der Waals surface area contributed by atoms with E-state index in [1.54, 1.807) is 6.20 Å². The number of aromatic nitrogens is 4. The van der Waals surface area contributed by atoms with E-state index >= 15 is 0 Å². The fourth-order valence-corrected chi connectivity index (χ4v) is 2.93.